The SMILES string of the molecule is Cc1c(CCOc2c(-c3ccc4ncc(CN(C)C(=O)OCc5ccc(OC6O[C@H](C(=O)O)[C@@H](O)[C@H](O)[C@H]6O)c(NC(=O)CCNC(=O)CCOCCOCCN6C(=O)C=CC6=O)c5)n4c3)ccc(F)c2F)c(C(O)C(C)(C)C)nn1C. The molecule has 25 nitrogen and oxygen atoms in total. The Morgan fingerprint density at radius 2 is 1.62 bits per heavy atom. The molecule has 2 aliphatic rings. The van der Waals surface area contributed by atoms with Gasteiger partial charge in [0.15, 0.2) is 17.7 Å². The highest BCUT2D eigenvalue weighted by molar-refractivity contribution is 6.12. The number of nitrogens with zero attached hydrogens (tertiary/aromatic N) is 6. The summed E-state index contributed by atoms with van der Waals surface area (Å²) in [5.74, 6) is -6.43. The Labute approximate surface area is 468 Å². The summed E-state index contributed by atoms with van der Waals surface area (Å²) in [6.07, 6.45) is -6.11. The third-order valence-electron chi connectivity index (χ3n) is 13.4. The molecule has 1 saturated heterocycles. The maximum atomic E-state index is 15.6. The number of hydrogen-bond acceptors (Lipinski definition) is 18. The summed E-state index contributed by atoms with van der Waals surface area (Å²) in [5.41, 5.74) is 3.29. The molecule has 27 heteroatoms. The van der Waals surface area contributed by atoms with Crippen LogP contribution in [0.3, 0.4) is 0 Å². The first-order valence-electron chi connectivity index (χ1n) is 26.1. The molecular formula is C55H66F2N8O17. The van der Waals surface area contributed by atoms with E-state index >= 15 is 4.39 Å². The molecule has 3 aromatic heterocycles. The topological polar surface area (TPSA) is 325 Å². The van der Waals surface area contributed by atoms with Crippen molar-refractivity contribution in [3.05, 3.63) is 107 Å². The number of anilines is 1. The first-order chi connectivity index (χ1) is 38.9. The molecular weight excluding hydrogens is 1080 g/mol. The van der Waals surface area contributed by atoms with E-state index < -0.39 is 89.6 Å². The number of amides is 5. The van der Waals surface area contributed by atoms with E-state index in [0.717, 1.165) is 22.2 Å². The van der Waals surface area contributed by atoms with E-state index in [2.05, 4.69) is 20.7 Å². The zero-order chi connectivity index (χ0) is 59.6. The number of aliphatic hydroxyl groups excluding tert-OH is 4. The van der Waals surface area contributed by atoms with Crippen molar-refractivity contribution in [3.8, 4) is 22.6 Å². The zero-order valence-electron chi connectivity index (χ0n) is 45.9. The normalized spacial score (nSPS) is 18.4. The first kappa shape index (κ1) is 61.7. The van der Waals surface area contributed by atoms with Crippen LogP contribution in [-0.4, -0.2) is 174 Å². The third kappa shape index (κ3) is 15.1. The number of rotatable bonds is 26. The number of aryl methyl sites for hydroxylation is 1. The van der Waals surface area contributed by atoms with Gasteiger partial charge in [0, 0.05) is 80.6 Å². The second-order valence-corrected chi connectivity index (χ2v) is 20.5. The molecule has 0 spiro atoms. The minimum atomic E-state index is -2.01. The predicted molar refractivity (Wildman–Crippen MR) is 284 cm³/mol. The highest BCUT2D eigenvalue weighted by Gasteiger charge is 2.48. The Bertz CT molecular complexity index is 3160. The van der Waals surface area contributed by atoms with Crippen LogP contribution >= 0.6 is 0 Å². The fourth-order valence-corrected chi connectivity index (χ4v) is 8.69. The number of pyridine rings is 1. The summed E-state index contributed by atoms with van der Waals surface area (Å²) in [7, 11) is 3.22. The lowest BCUT2D eigenvalue weighted by molar-refractivity contribution is -0.271. The molecule has 1 fully saturated rings. The summed E-state index contributed by atoms with van der Waals surface area (Å²) in [6, 6.07) is 9.78. The van der Waals surface area contributed by atoms with Crippen molar-refractivity contribution in [1.82, 2.24) is 34.3 Å². The van der Waals surface area contributed by atoms with Crippen LogP contribution in [0.15, 0.2) is 67.0 Å². The first-order valence-corrected chi connectivity index (χ1v) is 26.1. The van der Waals surface area contributed by atoms with Gasteiger partial charge < -0.3 is 73.9 Å². The number of carboxylic acid groups (broad SMARTS) is 1. The van der Waals surface area contributed by atoms with Gasteiger partial charge in [0.2, 0.25) is 23.9 Å². The Morgan fingerprint density at radius 3 is 2.33 bits per heavy atom. The Kier molecular flexibility index (Phi) is 20.5. The van der Waals surface area contributed by atoms with Gasteiger partial charge in [-0.2, -0.15) is 9.49 Å². The van der Waals surface area contributed by atoms with Crippen LogP contribution in [0.2, 0.25) is 0 Å². The van der Waals surface area contributed by atoms with Crippen molar-refractivity contribution in [2.45, 2.75) is 96.9 Å². The number of aliphatic hydroxyl groups is 4. The van der Waals surface area contributed by atoms with Gasteiger partial charge >= 0.3 is 12.1 Å². The van der Waals surface area contributed by atoms with Gasteiger partial charge in [0.05, 0.1) is 69.4 Å². The molecule has 0 radical (unpaired) electrons. The number of carbonyl (C=O) groups excluding carboxylic acids is 5. The number of hydrogen-bond donors (Lipinski definition) is 7. The number of nitrogens with one attached hydrogen (secondary N) is 2. The highest BCUT2D eigenvalue weighted by atomic mass is 19.2. The molecule has 5 amide bonds. The predicted octanol–water partition coefficient (Wildman–Crippen LogP) is 2.86. The molecule has 7 rings (SSSR count). The van der Waals surface area contributed by atoms with Crippen LogP contribution in [0.25, 0.3) is 16.8 Å². The van der Waals surface area contributed by atoms with Crippen LogP contribution in [0.5, 0.6) is 11.5 Å². The average Bonchev–Trinajstić information content (AvgIpc) is 3.91. The lowest BCUT2D eigenvalue weighted by atomic mass is 9.85. The van der Waals surface area contributed by atoms with E-state index in [0.29, 0.717) is 28.2 Å². The number of aliphatic carboxylic acids is 1. The number of imide groups is 1. The van der Waals surface area contributed by atoms with Crippen LogP contribution in [0.4, 0.5) is 19.3 Å². The number of fused-ring (bicyclic) bond motifs is 1. The largest absolute Gasteiger partial charge is 0.489 e. The monoisotopic (exact) mass is 1150 g/mol. The van der Waals surface area contributed by atoms with Crippen molar-refractivity contribution in [1.29, 1.82) is 0 Å². The summed E-state index contributed by atoms with van der Waals surface area (Å²) >= 11 is 0. The van der Waals surface area contributed by atoms with Crippen molar-refractivity contribution in [2.75, 3.05) is 58.5 Å². The van der Waals surface area contributed by atoms with Crippen molar-refractivity contribution < 1.29 is 91.5 Å². The maximum Gasteiger partial charge on any atom is 0.410 e. The molecule has 5 aromatic rings. The van der Waals surface area contributed by atoms with E-state index in [9.17, 15) is 58.7 Å². The van der Waals surface area contributed by atoms with Gasteiger partial charge in [-0.1, -0.05) is 26.8 Å². The second kappa shape index (κ2) is 27.2. The lowest BCUT2D eigenvalue weighted by Gasteiger charge is -2.38. The molecule has 82 heavy (non-hydrogen) atoms. The van der Waals surface area contributed by atoms with E-state index in [1.54, 1.807) is 34.5 Å². The van der Waals surface area contributed by atoms with Gasteiger partial charge in [-0.3, -0.25) is 28.8 Å². The fraction of sp³-hybridized carbons (Fsp3) is 0.455. The molecule has 2 aromatic carbocycles. The molecule has 6 atom stereocenters. The molecule has 5 heterocycles. The van der Waals surface area contributed by atoms with E-state index in [1.807, 2.05) is 27.7 Å². The number of halogens is 2. The molecule has 0 bridgehead atoms. The number of carboxylic acids is 1. The highest BCUT2D eigenvalue weighted by Crippen LogP contribution is 2.37. The van der Waals surface area contributed by atoms with Gasteiger partial charge in [-0.15, -0.1) is 0 Å². The van der Waals surface area contributed by atoms with E-state index in [1.165, 1.54) is 54.6 Å². The van der Waals surface area contributed by atoms with Crippen molar-refractivity contribution >= 4 is 47.0 Å². The summed E-state index contributed by atoms with van der Waals surface area (Å²) in [6.45, 7) is 7.35. The minimum Gasteiger partial charge on any atom is -0.489 e. The zero-order valence-corrected chi connectivity index (χ0v) is 45.9. The van der Waals surface area contributed by atoms with Crippen LogP contribution < -0.4 is 20.1 Å². The third-order valence-corrected chi connectivity index (χ3v) is 13.4. The summed E-state index contributed by atoms with van der Waals surface area (Å²) < 4.78 is 67.2. The van der Waals surface area contributed by atoms with Crippen LogP contribution in [0, 0.1) is 24.0 Å². The fourth-order valence-electron chi connectivity index (χ4n) is 8.69. The molecule has 7 N–H and O–H groups in total. The number of ether oxygens (including phenoxy) is 6. The number of aromatic nitrogens is 4. The Hall–Kier alpha value is -7.92. The molecule has 0 saturated carbocycles. The van der Waals surface area contributed by atoms with E-state index in [-0.39, 0.29) is 101 Å². The minimum absolute atomic E-state index is 0.0230. The van der Waals surface area contributed by atoms with Gasteiger partial charge in [-0.25, -0.2) is 19.0 Å². The molecule has 2 aliphatic heterocycles. The number of benzene rings is 2. The summed E-state index contributed by atoms with van der Waals surface area (Å²) in [4.78, 5) is 81.0. The number of imidazole rings is 1. The lowest BCUT2D eigenvalue weighted by Crippen LogP contribution is -2.61. The van der Waals surface area contributed by atoms with Gasteiger partial charge in [0.1, 0.15) is 42.4 Å². The molecule has 442 valence electrons. The average molecular weight is 1150 g/mol. The van der Waals surface area contributed by atoms with Crippen LogP contribution in [0.1, 0.15) is 67.9 Å². The second-order valence-electron chi connectivity index (χ2n) is 20.5. The van der Waals surface area contributed by atoms with E-state index in [4.69, 9.17) is 28.4 Å². The van der Waals surface area contributed by atoms with Gasteiger partial charge in [0.25, 0.3) is 11.8 Å². The van der Waals surface area contributed by atoms with Crippen molar-refractivity contribution in [2.24, 2.45) is 12.5 Å². The van der Waals surface area contributed by atoms with Crippen LogP contribution in [-0.2, 0) is 69.5 Å². The Balaban J connectivity index is 0.963. The smallest absolute Gasteiger partial charge is 0.410 e. The van der Waals surface area contributed by atoms with Gasteiger partial charge in [-0.05, 0) is 54.3 Å². The van der Waals surface area contributed by atoms with Crippen molar-refractivity contribution in [3.63, 3.8) is 0 Å². The number of carbonyl (C=O) groups is 6. The Morgan fingerprint density at radius 1 is 0.902 bits per heavy atom. The quantitative estimate of drug-likeness (QED) is 0.0309. The molecule has 0 aliphatic carbocycles. The molecule has 2 unspecified atom stereocenters. The maximum absolute atomic E-state index is 15.6. The summed E-state index contributed by atoms with van der Waals surface area (Å²) in [5, 5.41) is 61.7. The standard InChI is InChI=1S/C55H66F2N8O17/c1-30-34(45(61-63(30)6)51(73)55(2,3)4)16-21-79-49-35(9-10-36(56)44(49)57)32-8-12-39-59-26-33(65(39)27-32)28-62(5)54(76)80-29-31-7-11-38(81-53-48(72)46(70)47(71)50(82-53)52(74)75)37(25-31)60-41(67)15-18-58-40(66)17-20-77-23-24-78-22-19-64-42(68)13-14-43(64)69/h7-14,25-27,46-48,50-51,53,70-73H,15-24,28-29H2,1-6H3,(H,58,66)(H,60,67)(H,74,75)/t46-,47-,48+,50-,51?,53?/m0/s1.